The monoisotopic (exact) mass is 261 g/mol. The van der Waals surface area contributed by atoms with Crippen LogP contribution < -0.4 is 5.32 Å². The molecule has 0 aromatic carbocycles. The van der Waals surface area contributed by atoms with Crippen molar-refractivity contribution in [3.8, 4) is 0 Å². The molecule has 0 spiro atoms. The minimum Gasteiger partial charge on any atom is -0.480 e. The predicted molar refractivity (Wildman–Crippen MR) is 66.4 cm³/mol. The van der Waals surface area contributed by atoms with Gasteiger partial charge in [-0.15, -0.1) is 0 Å². The van der Waals surface area contributed by atoms with Crippen LogP contribution in [0.5, 0.6) is 0 Å². The van der Waals surface area contributed by atoms with Crippen molar-refractivity contribution in [1.82, 2.24) is 5.32 Å². The number of ether oxygens (including phenoxy) is 2. The zero-order chi connectivity index (χ0) is 14.2. The average molecular weight is 261 g/mol. The van der Waals surface area contributed by atoms with E-state index in [0.717, 1.165) is 0 Å². The first-order chi connectivity index (χ1) is 8.37. The van der Waals surface area contributed by atoms with Crippen molar-refractivity contribution in [1.29, 1.82) is 0 Å². The molecule has 1 amide bonds. The zero-order valence-corrected chi connectivity index (χ0v) is 11.5. The summed E-state index contributed by atoms with van der Waals surface area (Å²) in [7, 11) is 0. The highest BCUT2D eigenvalue weighted by Crippen LogP contribution is 2.10. The number of hydrogen-bond donors (Lipinski definition) is 2. The second kappa shape index (κ2) is 8.05. The molecule has 6 heteroatoms. The molecule has 0 saturated heterocycles. The molecule has 6 nitrogen and oxygen atoms in total. The molecule has 18 heavy (non-hydrogen) atoms. The summed E-state index contributed by atoms with van der Waals surface area (Å²) in [5.74, 6) is -1.49. The number of carbonyl (C=O) groups is 2. The fraction of sp³-hybridized carbons (Fsp3) is 0.833. The summed E-state index contributed by atoms with van der Waals surface area (Å²) in [5, 5.41) is 11.5. The van der Waals surface area contributed by atoms with Crippen LogP contribution in [0.25, 0.3) is 0 Å². The van der Waals surface area contributed by atoms with Crippen molar-refractivity contribution < 1.29 is 24.2 Å². The van der Waals surface area contributed by atoms with Crippen LogP contribution in [-0.4, -0.2) is 48.4 Å². The molecule has 0 aliphatic rings. The van der Waals surface area contributed by atoms with Gasteiger partial charge in [0.2, 0.25) is 5.91 Å². The molecule has 2 atom stereocenters. The van der Waals surface area contributed by atoms with E-state index in [1.54, 1.807) is 13.8 Å². The van der Waals surface area contributed by atoms with Gasteiger partial charge in [0.15, 0.2) is 0 Å². The van der Waals surface area contributed by atoms with E-state index in [9.17, 15) is 9.59 Å². The molecule has 0 saturated carbocycles. The van der Waals surface area contributed by atoms with E-state index in [1.165, 1.54) is 6.92 Å². The molecule has 0 aromatic heterocycles. The van der Waals surface area contributed by atoms with Gasteiger partial charge in [0, 0.05) is 6.61 Å². The highest BCUT2D eigenvalue weighted by Gasteiger charge is 2.34. The molecule has 0 aliphatic carbocycles. The number of nitrogens with one attached hydrogen (secondary N) is 1. The summed E-state index contributed by atoms with van der Waals surface area (Å²) in [5.41, 5.74) is -1.26. The zero-order valence-electron chi connectivity index (χ0n) is 11.5. The maximum absolute atomic E-state index is 11.7. The van der Waals surface area contributed by atoms with Gasteiger partial charge in [-0.25, -0.2) is 4.79 Å². The van der Waals surface area contributed by atoms with E-state index < -0.39 is 23.5 Å². The summed E-state index contributed by atoms with van der Waals surface area (Å²) in [6, 6.07) is 0. The highest BCUT2D eigenvalue weighted by atomic mass is 16.5. The second-order valence-corrected chi connectivity index (χ2v) is 4.19. The fourth-order valence-corrected chi connectivity index (χ4v) is 1.17. The predicted octanol–water partition coefficient (Wildman–Crippen LogP) is 0.798. The molecule has 106 valence electrons. The van der Waals surface area contributed by atoms with Crippen molar-refractivity contribution in [2.24, 2.45) is 0 Å². The lowest BCUT2D eigenvalue weighted by Gasteiger charge is -2.26. The van der Waals surface area contributed by atoms with Crippen molar-refractivity contribution in [2.45, 2.75) is 45.8 Å². The Morgan fingerprint density at radius 3 is 2.39 bits per heavy atom. The van der Waals surface area contributed by atoms with Gasteiger partial charge in [-0.05, 0) is 27.2 Å². The van der Waals surface area contributed by atoms with Crippen LogP contribution in [0.15, 0.2) is 0 Å². The SMILES string of the molecule is CCOCCOC(C)C(=O)NC(C)(CC)C(=O)O. The average Bonchev–Trinajstić information content (AvgIpc) is 2.33. The molecule has 2 N–H and O–H groups in total. The van der Waals surface area contributed by atoms with Crippen molar-refractivity contribution in [3.05, 3.63) is 0 Å². The van der Waals surface area contributed by atoms with Gasteiger partial charge in [0.05, 0.1) is 13.2 Å². The molecule has 0 fully saturated rings. The van der Waals surface area contributed by atoms with Gasteiger partial charge >= 0.3 is 5.97 Å². The number of rotatable bonds is 9. The van der Waals surface area contributed by atoms with E-state index in [0.29, 0.717) is 26.2 Å². The van der Waals surface area contributed by atoms with E-state index in [1.807, 2.05) is 6.92 Å². The maximum Gasteiger partial charge on any atom is 0.329 e. The Hall–Kier alpha value is -1.14. The first-order valence-corrected chi connectivity index (χ1v) is 6.12. The van der Waals surface area contributed by atoms with E-state index in [-0.39, 0.29) is 0 Å². The van der Waals surface area contributed by atoms with Crippen LogP contribution in [-0.2, 0) is 19.1 Å². The van der Waals surface area contributed by atoms with Crippen LogP contribution >= 0.6 is 0 Å². The second-order valence-electron chi connectivity index (χ2n) is 4.19. The number of aliphatic carboxylic acids is 1. The van der Waals surface area contributed by atoms with E-state index in [4.69, 9.17) is 14.6 Å². The number of carbonyl (C=O) groups excluding carboxylic acids is 1. The summed E-state index contributed by atoms with van der Waals surface area (Å²) < 4.78 is 10.3. The van der Waals surface area contributed by atoms with Gasteiger partial charge in [-0.3, -0.25) is 4.79 Å². The van der Waals surface area contributed by atoms with E-state index >= 15 is 0 Å². The summed E-state index contributed by atoms with van der Waals surface area (Å²) in [6.45, 7) is 7.94. The molecule has 0 heterocycles. The number of carboxylic acid groups (broad SMARTS) is 1. The minimum atomic E-state index is -1.26. The van der Waals surface area contributed by atoms with Crippen LogP contribution in [0.2, 0.25) is 0 Å². The van der Waals surface area contributed by atoms with Crippen LogP contribution in [0.1, 0.15) is 34.1 Å². The standard InChI is InChI=1S/C12H23NO5/c1-5-12(4,11(15)16)13-10(14)9(3)18-8-7-17-6-2/h9H,5-8H2,1-4H3,(H,13,14)(H,15,16). The third-order valence-corrected chi connectivity index (χ3v) is 2.75. The van der Waals surface area contributed by atoms with Crippen LogP contribution in [0.4, 0.5) is 0 Å². The Labute approximate surface area is 108 Å². The molecule has 2 unspecified atom stereocenters. The molecular weight excluding hydrogens is 238 g/mol. The van der Waals surface area contributed by atoms with Gasteiger partial charge in [-0.2, -0.15) is 0 Å². The topological polar surface area (TPSA) is 84.9 Å². The van der Waals surface area contributed by atoms with Crippen molar-refractivity contribution in [3.63, 3.8) is 0 Å². The molecule has 0 rings (SSSR count). The summed E-state index contributed by atoms with van der Waals surface area (Å²) in [6.07, 6.45) is -0.393. The Morgan fingerprint density at radius 2 is 1.94 bits per heavy atom. The largest absolute Gasteiger partial charge is 0.480 e. The van der Waals surface area contributed by atoms with Crippen LogP contribution in [0, 0.1) is 0 Å². The maximum atomic E-state index is 11.7. The molecule has 0 bridgehead atoms. The van der Waals surface area contributed by atoms with Crippen LogP contribution in [0.3, 0.4) is 0 Å². The molecular formula is C12H23NO5. The Balaban J connectivity index is 4.18. The van der Waals surface area contributed by atoms with Crippen molar-refractivity contribution >= 4 is 11.9 Å². The third-order valence-electron chi connectivity index (χ3n) is 2.75. The molecule has 0 aliphatic heterocycles. The molecule has 0 aromatic rings. The Bertz CT molecular complexity index is 282. The lowest BCUT2D eigenvalue weighted by Crippen LogP contribution is -2.54. The highest BCUT2D eigenvalue weighted by molar-refractivity contribution is 5.88. The Morgan fingerprint density at radius 1 is 1.33 bits per heavy atom. The Kier molecular flexibility index (Phi) is 7.54. The quantitative estimate of drug-likeness (QED) is 0.600. The van der Waals surface area contributed by atoms with Gasteiger partial charge in [-0.1, -0.05) is 6.92 Å². The minimum absolute atomic E-state index is 0.304. The smallest absolute Gasteiger partial charge is 0.329 e. The summed E-state index contributed by atoms with van der Waals surface area (Å²) >= 11 is 0. The lowest BCUT2D eigenvalue weighted by molar-refractivity contribution is -0.149. The van der Waals surface area contributed by atoms with Crippen molar-refractivity contribution in [2.75, 3.05) is 19.8 Å². The van der Waals surface area contributed by atoms with E-state index in [2.05, 4.69) is 5.32 Å². The summed E-state index contributed by atoms with van der Waals surface area (Å²) in [4.78, 5) is 22.8. The normalized spacial score (nSPS) is 15.8. The van der Waals surface area contributed by atoms with Gasteiger partial charge in [0.25, 0.3) is 0 Å². The first kappa shape index (κ1) is 16.9. The number of carboxylic acids is 1. The van der Waals surface area contributed by atoms with Gasteiger partial charge < -0.3 is 19.9 Å². The molecule has 0 radical (unpaired) electrons. The first-order valence-electron chi connectivity index (χ1n) is 6.12. The lowest BCUT2D eigenvalue weighted by atomic mass is 9.99. The fourth-order valence-electron chi connectivity index (χ4n) is 1.17. The number of hydrogen-bond acceptors (Lipinski definition) is 4. The van der Waals surface area contributed by atoms with Gasteiger partial charge in [0.1, 0.15) is 11.6 Å². The third kappa shape index (κ3) is 5.46. The number of amides is 1.